The van der Waals surface area contributed by atoms with Crippen molar-refractivity contribution in [1.29, 1.82) is 0 Å². The summed E-state index contributed by atoms with van der Waals surface area (Å²) < 4.78 is 2.16. The largest absolute Gasteiger partial charge is 1.00 e. The van der Waals surface area contributed by atoms with Crippen molar-refractivity contribution in [2.45, 2.75) is 39.3 Å². The van der Waals surface area contributed by atoms with Crippen LogP contribution < -0.4 is 21.5 Å². The quantitative estimate of drug-likeness (QED) is 0.514. The van der Waals surface area contributed by atoms with E-state index >= 15 is 0 Å². The van der Waals surface area contributed by atoms with Crippen molar-refractivity contribution in [3.8, 4) is 0 Å². The second-order valence-electron chi connectivity index (χ2n) is 3.31. The average molecular weight is 260 g/mol. The first kappa shape index (κ1) is 13.6. The molecule has 1 rings (SSSR count). The van der Waals surface area contributed by atoms with Gasteiger partial charge >= 0.3 is 0 Å². The van der Waals surface area contributed by atoms with Gasteiger partial charge in [-0.25, -0.2) is 4.57 Å². The highest BCUT2D eigenvalue weighted by Crippen LogP contribution is 1.96. The molecule has 0 aliphatic carbocycles. The summed E-state index contributed by atoms with van der Waals surface area (Å²) in [4.78, 5) is 0. The van der Waals surface area contributed by atoms with Crippen molar-refractivity contribution in [2.75, 3.05) is 0 Å². The van der Waals surface area contributed by atoms with Crippen molar-refractivity contribution in [1.82, 2.24) is 0 Å². The van der Waals surface area contributed by atoms with Gasteiger partial charge < -0.3 is 22.1 Å². The van der Waals surface area contributed by atoms with Gasteiger partial charge in [0.25, 0.3) is 0 Å². The molecule has 1 heterocycles. The minimum absolute atomic E-state index is 0. The van der Waals surface area contributed by atoms with Crippen LogP contribution in [0.3, 0.4) is 0 Å². The summed E-state index contributed by atoms with van der Waals surface area (Å²) in [6, 6.07) is 3.93. The Balaban J connectivity index is 0.00000169. The zero-order valence-corrected chi connectivity index (χ0v) is 10.2. The lowest BCUT2D eigenvalue weighted by Crippen LogP contribution is -3.00. The molecule has 0 aromatic carbocycles. The molecule has 0 radical (unpaired) electrons. The van der Waals surface area contributed by atoms with Crippen molar-refractivity contribution in [2.24, 2.45) is 0 Å². The molecular weight excluding hydrogens is 242 g/mol. The van der Waals surface area contributed by atoms with Crippen molar-refractivity contribution in [3.05, 3.63) is 30.1 Å². The van der Waals surface area contributed by atoms with Crippen LogP contribution in [0.5, 0.6) is 0 Å². The molecule has 1 aromatic rings. The molecule has 3 heteroatoms. The van der Waals surface area contributed by atoms with E-state index in [1.165, 1.54) is 19.3 Å². The van der Waals surface area contributed by atoms with Crippen LogP contribution in [0.25, 0.3) is 0 Å². The van der Waals surface area contributed by atoms with E-state index < -0.39 is 0 Å². The van der Waals surface area contributed by atoms with E-state index in [1.54, 1.807) is 0 Å². The van der Waals surface area contributed by atoms with E-state index in [9.17, 15) is 0 Å². The molecule has 1 N–H and O–H groups in total. The van der Waals surface area contributed by atoms with Gasteiger partial charge in [-0.1, -0.05) is 13.3 Å². The molecule has 0 amide bonds. The van der Waals surface area contributed by atoms with Crippen molar-refractivity contribution >= 4 is 0 Å². The Morgan fingerprint density at radius 3 is 2.36 bits per heavy atom. The van der Waals surface area contributed by atoms with Crippen LogP contribution in [0, 0.1) is 0 Å². The highest BCUT2D eigenvalue weighted by Gasteiger charge is 1.98. The van der Waals surface area contributed by atoms with Crippen LogP contribution in [-0.2, 0) is 13.2 Å². The van der Waals surface area contributed by atoms with Crippen LogP contribution in [0.15, 0.2) is 24.5 Å². The number of pyridine rings is 1. The number of aromatic nitrogens is 1. The molecule has 0 fully saturated rings. The minimum atomic E-state index is 0. The predicted molar refractivity (Wildman–Crippen MR) is 52.1 cm³/mol. The van der Waals surface area contributed by atoms with E-state index in [0.29, 0.717) is 0 Å². The van der Waals surface area contributed by atoms with Gasteiger partial charge in [0.15, 0.2) is 12.4 Å². The van der Waals surface area contributed by atoms with E-state index in [0.717, 1.165) is 12.1 Å². The van der Waals surface area contributed by atoms with Gasteiger partial charge in [-0.2, -0.15) is 0 Å². The van der Waals surface area contributed by atoms with Crippen LogP contribution in [-0.4, -0.2) is 5.11 Å². The lowest BCUT2D eigenvalue weighted by Gasteiger charge is -1.97. The summed E-state index contributed by atoms with van der Waals surface area (Å²) in [5, 5.41) is 8.83. The van der Waals surface area contributed by atoms with E-state index in [2.05, 4.69) is 11.5 Å². The van der Waals surface area contributed by atoms with Crippen molar-refractivity contribution in [3.63, 3.8) is 0 Å². The van der Waals surface area contributed by atoms with E-state index in [-0.39, 0.29) is 23.6 Å². The first-order chi connectivity index (χ1) is 6.36. The molecule has 0 atom stereocenters. The molecule has 0 aliphatic rings. The molecule has 1 aromatic heterocycles. The van der Waals surface area contributed by atoms with Crippen molar-refractivity contribution < 1.29 is 26.7 Å². The number of rotatable bonds is 5. The topological polar surface area (TPSA) is 24.1 Å². The number of halogens is 1. The number of aliphatic hydroxyl groups excluding tert-OH is 1. The molecule has 0 saturated heterocycles. The summed E-state index contributed by atoms with van der Waals surface area (Å²) in [5.74, 6) is 0. The fraction of sp³-hybridized carbons (Fsp3) is 0.545. The molecule has 0 bridgehead atoms. The average Bonchev–Trinajstić information content (AvgIpc) is 2.19. The number of aryl methyl sites for hydroxylation is 1. The lowest BCUT2D eigenvalue weighted by molar-refractivity contribution is -0.697. The molecule has 0 spiro atoms. The Hall–Kier alpha value is -0.410. The van der Waals surface area contributed by atoms with Crippen LogP contribution in [0.1, 0.15) is 31.7 Å². The Morgan fingerprint density at radius 2 is 1.86 bits per heavy atom. The molecule has 0 saturated carbocycles. The fourth-order valence-corrected chi connectivity index (χ4v) is 1.29. The number of hydrogen-bond donors (Lipinski definition) is 1. The maximum absolute atomic E-state index is 8.83. The maximum Gasteiger partial charge on any atom is 0.169 e. The Bertz CT molecular complexity index is 236. The number of unbranched alkanes of at least 4 members (excludes halogenated alkanes) is 2. The predicted octanol–water partition coefficient (Wildman–Crippen LogP) is -1.34. The standard InChI is InChI=1S/C11H18NO.BrH/c1-2-3-4-7-12-8-5-11(10-13)6-9-12;/h5-6,8-9,13H,2-4,7,10H2,1H3;1H/q+1;/p-1. The summed E-state index contributed by atoms with van der Waals surface area (Å²) in [5.41, 5.74) is 0.978. The van der Waals surface area contributed by atoms with Gasteiger partial charge in [0, 0.05) is 18.6 Å². The number of nitrogens with zero attached hydrogens (tertiary/aromatic N) is 1. The highest BCUT2D eigenvalue weighted by molar-refractivity contribution is 5.04. The third-order valence-corrected chi connectivity index (χ3v) is 2.16. The highest BCUT2D eigenvalue weighted by atomic mass is 79.9. The van der Waals surface area contributed by atoms with E-state index in [1.807, 2.05) is 24.5 Å². The lowest BCUT2D eigenvalue weighted by atomic mass is 10.2. The van der Waals surface area contributed by atoms with Crippen LogP contribution in [0.2, 0.25) is 0 Å². The Morgan fingerprint density at radius 1 is 1.21 bits per heavy atom. The first-order valence-corrected chi connectivity index (χ1v) is 4.95. The molecule has 0 aliphatic heterocycles. The van der Waals surface area contributed by atoms with Gasteiger partial charge in [0.1, 0.15) is 6.54 Å². The smallest absolute Gasteiger partial charge is 0.169 e. The van der Waals surface area contributed by atoms with Crippen LogP contribution >= 0.6 is 0 Å². The van der Waals surface area contributed by atoms with E-state index in [4.69, 9.17) is 5.11 Å². The third-order valence-electron chi connectivity index (χ3n) is 2.16. The Labute approximate surface area is 96.4 Å². The minimum Gasteiger partial charge on any atom is -1.00 e. The monoisotopic (exact) mass is 259 g/mol. The second-order valence-corrected chi connectivity index (χ2v) is 3.31. The summed E-state index contributed by atoms with van der Waals surface area (Å²) >= 11 is 0. The third kappa shape index (κ3) is 4.72. The summed E-state index contributed by atoms with van der Waals surface area (Å²) in [6.07, 6.45) is 7.84. The normalized spacial score (nSPS) is 9.57. The first-order valence-electron chi connectivity index (χ1n) is 4.95. The second kappa shape index (κ2) is 7.94. The van der Waals surface area contributed by atoms with Gasteiger partial charge in [0.2, 0.25) is 0 Å². The number of hydrogen-bond acceptors (Lipinski definition) is 1. The maximum atomic E-state index is 8.83. The van der Waals surface area contributed by atoms with Crippen LogP contribution in [0.4, 0.5) is 0 Å². The molecule has 80 valence electrons. The summed E-state index contributed by atoms with van der Waals surface area (Å²) in [7, 11) is 0. The van der Waals surface area contributed by atoms with Gasteiger partial charge in [-0.05, 0) is 12.0 Å². The molecule has 14 heavy (non-hydrogen) atoms. The fourth-order valence-electron chi connectivity index (χ4n) is 1.29. The number of aliphatic hydroxyl groups is 1. The SMILES string of the molecule is CCCCC[n+]1ccc(CO)cc1.[Br-]. The summed E-state index contributed by atoms with van der Waals surface area (Å²) in [6.45, 7) is 3.43. The Kier molecular flexibility index (Phi) is 7.71. The molecular formula is C11H18BrNO. The molecule has 2 nitrogen and oxygen atoms in total. The zero-order chi connectivity index (χ0) is 9.52. The van der Waals surface area contributed by atoms with Gasteiger partial charge in [0.05, 0.1) is 6.61 Å². The van der Waals surface area contributed by atoms with Gasteiger partial charge in [-0.15, -0.1) is 0 Å². The zero-order valence-electron chi connectivity index (χ0n) is 8.62. The van der Waals surface area contributed by atoms with Gasteiger partial charge in [-0.3, -0.25) is 0 Å². The molecule has 0 unspecified atom stereocenters.